The van der Waals surface area contributed by atoms with Gasteiger partial charge in [-0.1, -0.05) is 43.8 Å². The fourth-order valence-corrected chi connectivity index (χ4v) is 11.2. The number of carbonyl (C=O) groups excluding carboxylic acids is 2. The van der Waals surface area contributed by atoms with Crippen molar-refractivity contribution in [3.63, 3.8) is 0 Å². The number of hydrogen-bond donors (Lipinski definition) is 6. The molecule has 0 aliphatic rings. The number of hydrogen-bond acceptors (Lipinski definition) is 12. The SMILES string of the molecule is C.CC(=O)Nc1ccc(-c2cnc(-c3cccc(N)c3)s2)c(S(=O)(=O)NC(C)(C)C)c1.CC(=O)Nc1ccc(C)c(S(=O)(=O)NC(C)(C)C)c1.Nc1cccc(-c2ncc(Br)s2)c1. The van der Waals surface area contributed by atoms with E-state index in [-0.39, 0.29) is 29.0 Å². The molecule has 0 saturated carbocycles. The number of halogens is 1. The largest absolute Gasteiger partial charge is 0.399 e. The van der Waals surface area contributed by atoms with Gasteiger partial charge < -0.3 is 22.1 Å². The summed E-state index contributed by atoms with van der Waals surface area (Å²) in [6, 6.07) is 24.7. The van der Waals surface area contributed by atoms with Crippen molar-refractivity contribution in [1.29, 1.82) is 0 Å². The zero-order valence-electron chi connectivity index (χ0n) is 35.7. The van der Waals surface area contributed by atoms with E-state index in [2.05, 4.69) is 46.0 Å². The van der Waals surface area contributed by atoms with E-state index in [9.17, 15) is 26.4 Å². The predicted molar refractivity (Wildman–Crippen MR) is 264 cm³/mol. The highest BCUT2D eigenvalue weighted by molar-refractivity contribution is 9.11. The Morgan fingerprint density at radius 1 is 0.635 bits per heavy atom. The van der Waals surface area contributed by atoms with Crippen LogP contribution in [0, 0.1) is 6.92 Å². The first-order chi connectivity index (χ1) is 28.7. The maximum atomic E-state index is 13.1. The second kappa shape index (κ2) is 21.6. The van der Waals surface area contributed by atoms with Gasteiger partial charge in [0.05, 0.1) is 24.7 Å². The second-order valence-corrected chi connectivity index (χ2v) is 22.8. The average Bonchev–Trinajstić information content (AvgIpc) is 3.81. The lowest BCUT2D eigenvalue weighted by molar-refractivity contribution is -0.115. The van der Waals surface area contributed by atoms with Crippen LogP contribution in [-0.4, -0.2) is 49.7 Å². The van der Waals surface area contributed by atoms with Crippen LogP contribution in [0.1, 0.15) is 68.4 Å². The molecule has 0 aliphatic carbocycles. The molecule has 2 heterocycles. The minimum Gasteiger partial charge on any atom is -0.399 e. The van der Waals surface area contributed by atoms with Crippen molar-refractivity contribution in [2.24, 2.45) is 0 Å². The molecule has 14 nitrogen and oxygen atoms in total. The Bertz CT molecular complexity index is 2780. The molecule has 2 amide bonds. The fourth-order valence-electron chi connectivity index (χ4n) is 5.58. The average molecular weight is 1000 g/mol. The van der Waals surface area contributed by atoms with Gasteiger partial charge in [-0.2, -0.15) is 0 Å². The molecule has 19 heteroatoms. The zero-order chi connectivity index (χ0) is 46.2. The first kappa shape index (κ1) is 52.3. The van der Waals surface area contributed by atoms with Crippen LogP contribution in [-0.2, 0) is 29.6 Å². The van der Waals surface area contributed by atoms with Crippen LogP contribution in [0.25, 0.3) is 31.6 Å². The van der Waals surface area contributed by atoms with Crippen molar-refractivity contribution >= 4 is 93.2 Å². The molecule has 6 rings (SSSR count). The summed E-state index contributed by atoms with van der Waals surface area (Å²) in [6.07, 6.45) is 3.44. The van der Waals surface area contributed by atoms with Crippen LogP contribution in [0.2, 0.25) is 0 Å². The van der Waals surface area contributed by atoms with Crippen molar-refractivity contribution in [2.75, 3.05) is 22.1 Å². The highest BCUT2D eigenvalue weighted by Gasteiger charge is 2.27. The summed E-state index contributed by atoms with van der Waals surface area (Å²) in [7, 11) is -7.47. The molecule has 2 aromatic heterocycles. The number of sulfonamides is 2. The summed E-state index contributed by atoms with van der Waals surface area (Å²) in [6.45, 7) is 15.1. The van der Waals surface area contributed by atoms with Crippen LogP contribution >= 0.6 is 38.6 Å². The zero-order valence-corrected chi connectivity index (χ0v) is 40.6. The van der Waals surface area contributed by atoms with E-state index in [4.69, 9.17) is 11.5 Å². The van der Waals surface area contributed by atoms with Gasteiger partial charge >= 0.3 is 0 Å². The first-order valence-electron chi connectivity index (χ1n) is 18.9. The molecule has 6 aromatic rings. The number of rotatable bonds is 9. The highest BCUT2D eigenvalue weighted by Crippen LogP contribution is 2.37. The summed E-state index contributed by atoms with van der Waals surface area (Å²) >= 11 is 6.34. The van der Waals surface area contributed by atoms with Gasteiger partial charge in [-0.25, -0.2) is 36.2 Å². The topological polar surface area (TPSA) is 228 Å². The number of amides is 2. The number of nitrogens with two attached hydrogens (primary N) is 2. The minimum atomic E-state index is -3.86. The molecular weight excluding hydrogens is 945 g/mol. The van der Waals surface area contributed by atoms with Crippen molar-refractivity contribution in [1.82, 2.24) is 19.4 Å². The molecule has 0 atom stereocenters. The molecule has 0 saturated heterocycles. The molecule has 0 bridgehead atoms. The van der Waals surface area contributed by atoms with Crippen LogP contribution in [0.4, 0.5) is 22.7 Å². The molecular formula is C44H55BrN8O6S4. The summed E-state index contributed by atoms with van der Waals surface area (Å²) in [5, 5.41) is 6.93. The number of nitrogen functional groups attached to an aromatic ring is 2. The number of nitrogens with one attached hydrogen (secondary N) is 4. The van der Waals surface area contributed by atoms with Crippen molar-refractivity contribution in [2.45, 2.75) is 90.6 Å². The maximum Gasteiger partial charge on any atom is 0.241 e. The summed E-state index contributed by atoms with van der Waals surface area (Å²) in [5.74, 6) is -0.521. The predicted octanol–water partition coefficient (Wildman–Crippen LogP) is 9.92. The van der Waals surface area contributed by atoms with Gasteiger partial charge in [-0.05, 0) is 118 Å². The Morgan fingerprint density at radius 2 is 1.08 bits per heavy atom. The van der Waals surface area contributed by atoms with Crippen LogP contribution in [0.5, 0.6) is 0 Å². The molecule has 0 spiro atoms. The van der Waals surface area contributed by atoms with E-state index in [0.29, 0.717) is 33.1 Å². The number of aryl methyl sites for hydroxylation is 1. The summed E-state index contributed by atoms with van der Waals surface area (Å²) in [4.78, 5) is 32.1. The third-order valence-corrected chi connectivity index (χ3v) is 14.1. The number of thiazole rings is 2. The lowest BCUT2D eigenvalue weighted by atomic mass is 10.1. The van der Waals surface area contributed by atoms with Crippen molar-refractivity contribution in [3.8, 4) is 31.6 Å². The monoisotopic (exact) mass is 998 g/mol. The molecule has 0 radical (unpaired) electrons. The third kappa shape index (κ3) is 16.2. The van der Waals surface area contributed by atoms with E-state index in [0.717, 1.165) is 30.6 Å². The van der Waals surface area contributed by atoms with Crippen LogP contribution in [0.3, 0.4) is 0 Å². The van der Waals surface area contributed by atoms with E-state index in [1.807, 2.05) is 42.5 Å². The normalized spacial score (nSPS) is 11.5. The standard InChI is InChI=1S/C21H24N4O3S2.C13H20N2O3S.C9H7BrN2S.CH4/c1-13(26)24-16-8-9-17(19(11-16)30(27,28)25-21(2,3)4)18-12-23-20(29-18)14-6-5-7-15(22)10-14;1-9-6-7-11(14-10(2)16)8-12(9)19(17,18)15-13(3,4)5;10-8-5-12-9(13-8)6-2-1-3-7(11)4-6;/h5-12,25H,22H2,1-4H3,(H,24,26);6-8,15H,1-5H3,(H,14,16);1-5H,11H2;1H4. The van der Waals surface area contributed by atoms with Crippen molar-refractivity contribution in [3.05, 3.63) is 107 Å². The Kier molecular flexibility index (Phi) is 17.9. The molecule has 8 N–H and O–H groups in total. The first-order valence-corrected chi connectivity index (χ1v) is 24.3. The van der Waals surface area contributed by atoms with E-state index in [1.54, 1.807) is 103 Å². The van der Waals surface area contributed by atoms with E-state index in [1.165, 1.54) is 37.3 Å². The van der Waals surface area contributed by atoms with Gasteiger partial charge in [-0.3, -0.25) is 9.59 Å². The van der Waals surface area contributed by atoms with Gasteiger partial charge in [0.25, 0.3) is 0 Å². The second-order valence-electron chi connectivity index (χ2n) is 16.0. The van der Waals surface area contributed by atoms with E-state index < -0.39 is 31.1 Å². The van der Waals surface area contributed by atoms with E-state index >= 15 is 0 Å². The molecule has 0 aliphatic heterocycles. The number of anilines is 4. The van der Waals surface area contributed by atoms with Crippen molar-refractivity contribution < 1.29 is 26.4 Å². The highest BCUT2D eigenvalue weighted by atomic mass is 79.9. The lowest BCUT2D eigenvalue weighted by Crippen LogP contribution is -2.40. The number of nitrogens with zero attached hydrogens (tertiary/aromatic N) is 2. The Hall–Kier alpha value is -5.02. The van der Waals surface area contributed by atoms with Gasteiger partial charge in [-0.15, -0.1) is 22.7 Å². The van der Waals surface area contributed by atoms with Gasteiger partial charge in [0.2, 0.25) is 31.9 Å². The third-order valence-electron chi connectivity index (χ3n) is 7.79. The fraction of sp³-hybridized carbons (Fsp3) is 0.273. The van der Waals surface area contributed by atoms with Gasteiger partial charge in [0.1, 0.15) is 10.0 Å². The Morgan fingerprint density at radius 3 is 1.52 bits per heavy atom. The molecule has 4 aromatic carbocycles. The van der Waals surface area contributed by atoms with Gasteiger partial charge in [0, 0.05) is 70.6 Å². The summed E-state index contributed by atoms with van der Waals surface area (Å²) in [5.41, 5.74) is 15.6. The molecule has 338 valence electrons. The smallest absolute Gasteiger partial charge is 0.241 e. The molecule has 63 heavy (non-hydrogen) atoms. The van der Waals surface area contributed by atoms with Crippen LogP contribution in [0.15, 0.2) is 111 Å². The number of aromatic nitrogens is 2. The quantitative estimate of drug-likeness (QED) is 0.0751. The Balaban J connectivity index is 0.000000273. The summed E-state index contributed by atoms with van der Waals surface area (Å²) < 4.78 is 57.2. The number of carbonyl (C=O) groups is 2. The maximum absolute atomic E-state index is 13.1. The Labute approximate surface area is 387 Å². The minimum absolute atomic E-state index is 0. The lowest BCUT2D eigenvalue weighted by Gasteiger charge is -2.22. The number of benzene rings is 4. The van der Waals surface area contributed by atoms with Crippen LogP contribution < -0.4 is 31.5 Å². The molecule has 0 unspecified atom stereocenters. The van der Waals surface area contributed by atoms with Gasteiger partial charge in [0.15, 0.2) is 0 Å². The molecule has 0 fully saturated rings.